The molecule has 204 valence electrons. The van der Waals surface area contributed by atoms with Crippen LogP contribution in [0, 0.1) is 0 Å². The summed E-state index contributed by atoms with van der Waals surface area (Å²) in [6, 6.07) is 44.4. The van der Waals surface area contributed by atoms with Crippen molar-refractivity contribution in [1.29, 1.82) is 0 Å². The number of allylic oxidation sites excluding steroid dienone is 3. The smallest absolute Gasteiger partial charge is 0.0467 e. The third-order valence-electron chi connectivity index (χ3n) is 7.04. The second-order valence-electron chi connectivity index (χ2n) is 9.78. The van der Waals surface area contributed by atoms with Crippen LogP contribution in [0.25, 0.3) is 23.3 Å². The third kappa shape index (κ3) is 6.24. The largest absolute Gasteiger partial charge is 0.311 e. The van der Waals surface area contributed by atoms with E-state index >= 15 is 0 Å². The minimum atomic E-state index is 0.842. The Balaban J connectivity index is 1.47. The Hall–Kier alpha value is -5.60. The van der Waals surface area contributed by atoms with Crippen LogP contribution in [0.2, 0.25) is 0 Å². The Morgan fingerprint density at radius 2 is 1.00 bits per heavy atom. The van der Waals surface area contributed by atoms with Crippen molar-refractivity contribution in [3.63, 3.8) is 0 Å². The standard InChI is InChI=1S/C40H34N2/c1-5-8-14-31(4)41(39-19-12-15-32(6-2)29-39)37-25-21-34(22-26-37)35-23-27-38(28-24-35)42(36-17-10-9-11-18-36)40-20-13-16-33(7-3)30-40/h5-30H,1-4H2/b14-8-. The first kappa shape index (κ1) is 27.9. The number of benzene rings is 5. The minimum absolute atomic E-state index is 0.842. The normalized spacial score (nSPS) is 10.7. The van der Waals surface area contributed by atoms with E-state index in [0.29, 0.717) is 0 Å². The molecule has 0 aromatic heterocycles. The first-order valence-corrected chi connectivity index (χ1v) is 13.9. The summed E-state index contributed by atoms with van der Waals surface area (Å²) in [6.45, 7) is 16.0. The summed E-state index contributed by atoms with van der Waals surface area (Å²) in [6.07, 6.45) is 9.34. The maximum Gasteiger partial charge on any atom is 0.0467 e. The van der Waals surface area contributed by atoms with E-state index in [1.807, 2.05) is 42.5 Å². The van der Waals surface area contributed by atoms with Gasteiger partial charge >= 0.3 is 0 Å². The number of para-hydroxylation sites is 1. The van der Waals surface area contributed by atoms with Gasteiger partial charge in [-0.3, -0.25) is 0 Å². The Morgan fingerprint density at radius 1 is 0.500 bits per heavy atom. The average molecular weight is 543 g/mol. The molecular formula is C40H34N2. The summed E-state index contributed by atoms with van der Waals surface area (Å²) >= 11 is 0. The van der Waals surface area contributed by atoms with Crippen LogP contribution in [-0.2, 0) is 0 Å². The summed E-state index contributed by atoms with van der Waals surface area (Å²) in [4.78, 5) is 4.40. The van der Waals surface area contributed by atoms with Gasteiger partial charge in [0.1, 0.15) is 0 Å². The zero-order chi connectivity index (χ0) is 29.3. The molecule has 0 radical (unpaired) electrons. The molecule has 0 spiro atoms. The van der Waals surface area contributed by atoms with Crippen molar-refractivity contribution < 1.29 is 0 Å². The first-order chi connectivity index (χ1) is 20.6. The van der Waals surface area contributed by atoms with Crippen LogP contribution in [0.3, 0.4) is 0 Å². The number of nitrogens with zero attached hydrogens (tertiary/aromatic N) is 2. The fourth-order valence-electron chi connectivity index (χ4n) is 4.95. The lowest BCUT2D eigenvalue weighted by Crippen LogP contribution is -2.14. The highest BCUT2D eigenvalue weighted by Crippen LogP contribution is 2.37. The Morgan fingerprint density at radius 3 is 1.57 bits per heavy atom. The molecule has 0 bridgehead atoms. The van der Waals surface area contributed by atoms with Gasteiger partial charge in [-0.05, 0) is 89.0 Å². The van der Waals surface area contributed by atoms with E-state index in [9.17, 15) is 0 Å². The van der Waals surface area contributed by atoms with Crippen LogP contribution in [0.5, 0.6) is 0 Å². The molecule has 0 aliphatic heterocycles. The first-order valence-electron chi connectivity index (χ1n) is 13.9. The molecule has 0 fully saturated rings. The molecule has 0 heterocycles. The lowest BCUT2D eigenvalue weighted by atomic mass is 10.0. The molecular weight excluding hydrogens is 508 g/mol. The molecule has 5 rings (SSSR count). The number of anilines is 5. The summed E-state index contributed by atoms with van der Waals surface area (Å²) in [5.41, 5.74) is 10.6. The van der Waals surface area contributed by atoms with E-state index in [-0.39, 0.29) is 0 Å². The summed E-state index contributed by atoms with van der Waals surface area (Å²) in [7, 11) is 0. The highest BCUT2D eigenvalue weighted by Gasteiger charge is 2.14. The van der Waals surface area contributed by atoms with Crippen LogP contribution >= 0.6 is 0 Å². The van der Waals surface area contributed by atoms with Crippen molar-refractivity contribution in [2.75, 3.05) is 9.80 Å². The van der Waals surface area contributed by atoms with Crippen molar-refractivity contribution in [2.24, 2.45) is 0 Å². The van der Waals surface area contributed by atoms with E-state index in [2.05, 4.69) is 145 Å². The van der Waals surface area contributed by atoms with Crippen molar-refractivity contribution in [2.45, 2.75) is 0 Å². The van der Waals surface area contributed by atoms with E-state index in [4.69, 9.17) is 0 Å². The maximum atomic E-state index is 4.32. The quantitative estimate of drug-likeness (QED) is 0.153. The van der Waals surface area contributed by atoms with Gasteiger partial charge in [0.25, 0.3) is 0 Å². The van der Waals surface area contributed by atoms with Crippen LogP contribution in [0.1, 0.15) is 11.1 Å². The van der Waals surface area contributed by atoms with Gasteiger partial charge < -0.3 is 9.80 Å². The van der Waals surface area contributed by atoms with Crippen LogP contribution < -0.4 is 9.80 Å². The zero-order valence-corrected chi connectivity index (χ0v) is 23.7. The van der Waals surface area contributed by atoms with Gasteiger partial charge in [0.2, 0.25) is 0 Å². The fraction of sp³-hybridized carbons (Fsp3) is 0. The number of rotatable bonds is 11. The van der Waals surface area contributed by atoms with Crippen LogP contribution in [0.4, 0.5) is 28.4 Å². The van der Waals surface area contributed by atoms with Crippen molar-refractivity contribution in [1.82, 2.24) is 0 Å². The fourth-order valence-corrected chi connectivity index (χ4v) is 4.95. The van der Waals surface area contributed by atoms with Crippen molar-refractivity contribution in [3.8, 4) is 11.1 Å². The molecule has 0 aliphatic rings. The van der Waals surface area contributed by atoms with Gasteiger partial charge in [-0.15, -0.1) is 0 Å². The van der Waals surface area contributed by atoms with Gasteiger partial charge in [-0.1, -0.05) is 117 Å². The highest BCUT2D eigenvalue weighted by atomic mass is 15.1. The molecule has 0 saturated carbocycles. The summed E-state index contributed by atoms with van der Waals surface area (Å²) < 4.78 is 0. The second-order valence-corrected chi connectivity index (χ2v) is 9.78. The highest BCUT2D eigenvalue weighted by molar-refractivity contribution is 5.80. The SMILES string of the molecule is C=C/C=C\C(=C)N(c1ccc(-c2ccc(N(c3ccccc3)c3cccc(C=C)c3)cc2)cc1)c1cccc(C=C)c1. The predicted molar refractivity (Wildman–Crippen MR) is 184 cm³/mol. The molecule has 0 N–H and O–H groups in total. The second kappa shape index (κ2) is 13.2. The summed E-state index contributed by atoms with van der Waals surface area (Å²) in [5, 5.41) is 0. The molecule has 5 aromatic carbocycles. The zero-order valence-electron chi connectivity index (χ0n) is 23.7. The van der Waals surface area contributed by atoms with Crippen molar-refractivity contribution >= 4 is 40.6 Å². The Labute approximate surface area is 249 Å². The molecule has 0 amide bonds. The van der Waals surface area contributed by atoms with E-state index in [0.717, 1.165) is 56.4 Å². The maximum absolute atomic E-state index is 4.32. The molecule has 0 aliphatic carbocycles. The molecule has 0 atom stereocenters. The van der Waals surface area contributed by atoms with Gasteiger partial charge in [0.15, 0.2) is 0 Å². The molecule has 42 heavy (non-hydrogen) atoms. The van der Waals surface area contributed by atoms with Crippen molar-refractivity contribution in [3.05, 3.63) is 189 Å². The van der Waals surface area contributed by atoms with Gasteiger partial charge in [0, 0.05) is 34.1 Å². The monoisotopic (exact) mass is 542 g/mol. The number of hydrogen-bond acceptors (Lipinski definition) is 2. The summed E-state index contributed by atoms with van der Waals surface area (Å²) in [5.74, 6) is 0. The molecule has 2 heteroatoms. The molecule has 2 nitrogen and oxygen atoms in total. The molecule has 0 unspecified atom stereocenters. The van der Waals surface area contributed by atoms with Gasteiger partial charge in [-0.25, -0.2) is 0 Å². The van der Waals surface area contributed by atoms with Crippen LogP contribution in [-0.4, -0.2) is 0 Å². The van der Waals surface area contributed by atoms with E-state index in [1.165, 1.54) is 0 Å². The van der Waals surface area contributed by atoms with Crippen LogP contribution in [0.15, 0.2) is 178 Å². The Kier molecular flexibility index (Phi) is 8.76. The number of hydrogen-bond donors (Lipinski definition) is 0. The predicted octanol–water partition coefficient (Wildman–Crippen LogP) is 11.5. The third-order valence-corrected chi connectivity index (χ3v) is 7.04. The topological polar surface area (TPSA) is 6.48 Å². The van der Waals surface area contributed by atoms with E-state index in [1.54, 1.807) is 6.08 Å². The lowest BCUT2D eigenvalue weighted by molar-refractivity contribution is 1.22. The lowest BCUT2D eigenvalue weighted by Gasteiger charge is -2.26. The van der Waals surface area contributed by atoms with Gasteiger partial charge in [0.05, 0.1) is 0 Å². The van der Waals surface area contributed by atoms with E-state index < -0.39 is 0 Å². The molecule has 5 aromatic rings. The minimum Gasteiger partial charge on any atom is -0.311 e. The Bertz CT molecular complexity index is 1730. The average Bonchev–Trinajstić information content (AvgIpc) is 3.05. The molecule has 0 saturated heterocycles. The van der Waals surface area contributed by atoms with Gasteiger partial charge in [-0.2, -0.15) is 0 Å².